The second-order valence-corrected chi connectivity index (χ2v) is 8.22. The maximum absolute atomic E-state index is 14.0. The highest BCUT2D eigenvalue weighted by Crippen LogP contribution is 2.36. The van der Waals surface area contributed by atoms with Crippen LogP contribution in [0.15, 0.2) is 48.7 Å². The Morgan fingerprint density at radius 2 is 1.96 bits per heavy atom. The number of halogens is 1. The predicted molar refractivity (Wildman–Crippen MR) is 117 cm³/mol. The van der Waals surface area contributed by atoms with Crippen LogP contribution in [0.2, 0.25) is 0 Å². The van der Waals surface area contributed by atoms with Crippen LogP contribution in [0.5, 0.6) is 0 Å². The number of nitrogens with zero attached hydrogens (tertiary/aromatic N) is 2. The largest absolute Gasteiger partial charge is 0.389 e. The van der Waals surface area contributed by atoms with Gasteiger partial charge in [-0.15, -0.1) is 0 Å². The lowest BCUT2D eigenvalue weighted by atomic mass is 10.0. The van der Waals surface area contributed by atoms with E-state index in [9.17, 15) is 4.39 Å². The van der Waals surface area contributed by atoms with Crippen LogP contribution in [0.3, 0.4) is 0 Å². The van der Waals surface area contributed by atoms with Crippen molar-refractivity contribution in [3.8, 4) is 11.1 Å². The number of fused-ring (bicyclic) bond motifs is 1. The molecule has 0 radical (unpaired) electrons. The lowest BCUT2D eigenvalue weighted by molar-refractivity contribution is 0.296. The van der Waals surface area contributed by atoms with E-state index in [-0.39, 0.29) is 5.82 Å². The maximum Gasteiger partial charge on any atom is 0.123 e. The molecule has 3 nitrogen and oxygen atoms in total. The average molecular weight is 400 g/mol. The monoisotopic (exact) mass is 399 g/mol. The molecular formula is C21H22FN3S2. The van der Waals surface area contributed by atoms with Crippen molar-refractivity contribution in [1.29, 1.82) is 0 Å². The number of benzene rings is 2. The van der Waals surface area contributed by atoms with Gasteiger partial charge >= 0.3 is 0 Å². The van der Waals surface area contributed by atoms with Gasteiger partial charge in [-0.05, 0) is 48.9 Å². The van der Waals surface area contributed by atoms with E-state index in [1.807, 2.05) is 30.3 Å². The Labute approximate surface area is 168 Å². The summed E-state index contributed by atoms with van der Waals surface area (Å²) in [5, 5.41) is 0.933. The van der Waals surface area contributed by atoms with Crippen LogP contribution >= 0.6 is 24.2 Å². The standard InChI is InChI=1S/C21H22FN3S2/c1-27-24-9-7-17(8-10-24)25-13-19(18-12-16(22)5-6-20(18)25)14-3-2-4-15(11-14)21(23)26/h2-6,11-13,17H,7-10H2,1H3,(H2,23,26). The van der Waals surface area contributed by atoms with Crippen LogP contribution in [0.25, 0.3) is 22.0 Å². The summed E-state index contributed by atoms with van der Waals surface area (Å²) in [6.45, 7) is 2.14. The minimum absolute atomic E-state index is 0.218. The van der Waals surface area contributed by atoms with E-state index in [1.165, 1.54) is 0 Å². The van der Waals surface area contributed by atoms with Gasteiger partial charge in [0.15, 0.2) is 0 Å². The third-order valence-corrected chi connectivity index (χ3v) is 6.45. The Morgan fingerprint density at radius 1 is 1.19 bits per heavy atom. The van der Waals surface area contributed by atoms with E-state index in [2.05, 4.69) is 21.3 Å². The normalized spacial score (nSPS) is 16.1. The third kappa shape index (κ3) is 3.61. The first kappa shape index (κ1) is 18.5. The number of piperidine rings is 1. The minimum Gasteiger partial charge on any atom is -0.389 e. The molecule has 0 spiro atoms. The average Bonchev–Trinajstić information content (AvgIpc) is 3.06. The van der Waals surface area contributed by atoms with Gasteiger partial charge in [0.25, 0.3) is 0 Å². The predicted octanol–water partition coefficient (Wildman–Crippen LogP) is 5.00. The Bertz CT molecular complexity index is 990. The Kier molecular flexibility index (Phi) is 5.21. The summed E-state index contributed by atoms with van der Waals surface area (Å²) in [5.41, 5.74) is 9.74. The van der Waals surface area contributed by atoms with Crippen LogP contribution in [-0.4, -0.2) is 33.2 Å². The van der Waals surface area contributed by atoms with Crippen LogP contribution in [0.4, 0.5) is 4.39 Å². The van der Waals surface area contributed by atoms with Crippen LogP contribution in [-0.2, 0) is 0 Å². The van der Waals surface area contributed by atoms with Crippen molar-refractivity contribution < 1.29 is 4.39 Å². The smallest absolute Gasteiger partial charge is 0.123 e. The van der Waals surface area contributed by atoms with Gasteiger partial charge in [0.1, 0.15) is 10.8 Å². The lowest BCUT2D eigenvalue weighted by Crippen LogP contribution is -2.29. The zero-order valence-corrected chi connectivity index (χ0v) is 16.8. The highest BCUT2D eigenvalue weighted by Gasteiger charge is 2.23. The number of aromatic nitrogens is 1. The highest BCUT2D eigenvalue weighted by atomic mass is 32.2. The molecule has 2 aromatic carbocycles. The van der Waals surface area contributed by atoms with Crippen LogP contribution < -0.4 is 5.73 Å². The van der Waals surface area contributed by atoms with E-state index in [1.54, 1.807) is 24.1 Å². The van der Waals surface area contributed by atoms with Gasteiger partial charge in [0, 0.05) is 47.4 Å². The summed E-state index contributed by atoms with van der Waals surface area (Å²) in [4.78, 5) is 0.371. The van der Waals surface area contributed by atoms with E-state index in [0.717, 1.165) is 53.5 Å². The van der Waals surface area contributed by atoms with Crippen molar-refractivity contribution in [2.75, 3.05) is 19.3 Å². The first-order valence-electron chi connectivity index (χ1n) is 9.06. The molecule has 27 heavy (non-hydrogen) atoms. The molecule has 2 N–H and O–H groups in total. The van der Waals surface area contributed by atoms with Gasteiger partial charge in [-0.1, -0.05) is 42.4 Å². The van der Waals surface area contributed by atoms with Crippen molar-refractivity contribution in [3.63, 3.8) is 0 Å². The fourth-order valence-electron chi connectivity index (χ4n) is 3.90. The number of hydrogen-bond donors (Lipinski definition) is 1. The summed E-state index contributed by atoms with van der Waals surface area (Å²) in [7, 11) is 0. The molecule has 1 aromatic heterocycles. The molecule has 0 atom stereocenters. The summed E-state index contributed by atoms with van der Waals surface area (Å²) in [6, 6.07) is 13.4. The molecule has 1 aliphatic rings. The van der Waals surface area contributed by atoms with Crippen molar-refractivity contribution in [2.45, 2.75) is 18.9 Å². The molecule has 0 aliphatic carbocycles. The number of hydrogen-bond acceptors (Lipinski definition) is 3. The molecule has 4 rings (SSSR count). The maximum atomic E-state index is 14.0. The first-order chi connectivity index (χ1) is 13.1. The first-order valence-corrected chi connectivity index (χ1v) is 10.6. The van der Waals surface area contributed by atoms with Crippen molar-refractivity contribution in [2.24, 2.45) is 5.73 Å². The molecule has 1 saturated heterocycles. The number of rotatable bonds is 4. The quantitative estimate of drug-likeness (QED) is 0.495. The van der Waals surface area contributed by atoms with Gasteiger partial charge in [-0.25, -0.2) is 4.39 Å². The molecule has 0 saturated carbocycles. The topological polar surface area (TPSA) is 34.2 Å². The van der Waals surface area contributed by atoms with Gasteiger partial charge in [-0.3, -0.25) is 4.31 Å². The molecule has 6 heteroatoms. The summed E-state index contributed by atoms with van der Waals surface area (Å²) >= 11 is 6.93. The zero-order chi connectivity index (χ0) is 19.0. The zero-order valence-electron chi connectivity index (χ0n) is 15.2. The Balaban J connectivity index is 1.81. The van der Waals surface area contributed by atoms with E-state index >= 15 is 0 Å². The second-order valence-electron chi connectivity index (χ2n) is 6.90. The summed E-state index contributed by atoms with van der Waals surface area (Å²) in [5.74, 6) is -0.218. The third-order valence-electron chi connectivity index (χ3n) is 5.33. The van der Waals surface area contributed by atoms with Gasteiger partial charge < -0.3 is 10.3 Å². The highest BCUT2D eigenvalue weighted by molar-refractivity contribution is 7.96. The molecule has 3 aromatic rings. The molecule has 1 aliphatic heterocycles. The lowest BCUT2D eigenvalue weighted by Gasteiger charge is -2.31. The minimum atomic E-state index is -0.218. The SMILES string of the molecule is CSN1CCC(n2cc(-c3cccc(C(N)=S)c3)c3cc(F)ccc32)CC1. The van der Waals surface area contributed by atoms with Crippen molar-refractivity contribution in [3.05, 3.63) is 60.0 Å². The van der Waals surface area contributed by atoms with E-state index in [0.29, 0.717) is 11.0 Å². The van der Waals surface area contributed by atoms with Gasteiger partial charge in [-0.2, -0.15) is 0 Å². The molecule has 0 amide bonds. The Morgan fingerprint density at radius 3 is 2.67 bits per heavy atom. The fourth-order valence-corrected chi connectivity index (χ4v) is 4.61. The van der Waals surface area contributed by atoms with Gasteiger partial charge in [0.2, 0.25) is 0 Å². The molecule has 0 unspecified atom stereocenters. The van der Waals surface area contributed by atoms with Crippen LogP contribution in [0, 0.1) is 5.82 Å². The van der Waals surface area contributed by atoms with Gasteiger partial charge in [0.05, 0.1) is 0 Å². The van der Waals surface area contributed by atoms with Crippen molar-refractivity contribution in [1.82, 2.24) is 8.87 Å². The molecule has 1 fully saturated rings. The van der Waals surface area contributed by atoms with Crippen molar-refractivity contribution >= 4 is 40.1 Å². The Hall–Kier alpha value is -1.89. The number of nitrogens with two attached hydrogens (primary N) is 1. The van der Waals surface area contributed by atoms with E-state index in [4.69, 9.17) is 18.0 Å². The molecule has 0 bridgehead atoms. The second kappa shape index (κ2) is 7.62. The molecule has 140 valence electrons. The number of thiocarbonyl (C=S) groups is 1. The van der Waals surface area contributed by atoms with Crippen LogP contribution in [0.1, 0.15) is 24.4 Å². The summed E-state index contributed by atoms with van der Waals surface area (Å²) < 4.78 is 18.8. The molecule has 2 heterocycles. The summed E-state index contributed by atoms with van der Waals surface area (Å²) in [6.07, 6.45) is 6.48. The fraction of sp³-hybridized carbons (Fsp3) is 0.286. The molecular weight excluding hydrogens is 377 g/mol. The van der Waals surface area contributed by atoms with E-state index < -0.39 is 0 Å².